The van der Waals surface area contributed by atoms with Crippen LogP contribution in [0.3, 0.4) is 0 Å². The molecule has 5 rings (SSSR count). The Kier molecular flexibility index (Phi) is 7.72. The van der Waals surface area contributed by atoms with E-state index in [9.17, 15) is 9.59 Å². The fraction of sp³-hybridized carbons (Fsp3) is 0.0667. The van der Waals surface area contributed by atoms with Gasteiger partial charge in [-0.05, 0) is 61.0 Å². The molecule has 1 heterocycles. The largest absolute Gasteiger partial charge is 0.490 e. The number of fused-ring (bicyclic) bond motifs is 1. The molecule has 0 aliphatic carbocycles. The quantitative estimate of drug-likeness (QED) is 0.124. The lowest BCUT2D eigenvalue weighted by Gasteiger charge is -2.12. The Balaban J connectivity index is 1.51. The van der Waals surface area contributed by atoms with E-state index in [1.54, 1.807) is 42.5 Å². The maximum absolute atomic E-state index is 13.4. The van der Waals surface area contributed by atoms with Gasteiger partial charge in [-0.3, -0.25) is 4.79 Å². The van der Waals surface area contributed by atoms with Gasteiger partial charge in [-0.15, -0.1) is 0 Å². The van der Waals surface area contributed by atoms with Crippen molar-refractivity contribution in [2.45, 2.75) is 6.92 Å². The number of carbonyl (C=O) groups is 1. The molecule has 0 unspecified atom stereocenters. The average Bonchev–Trinajstić information content (AvgIpc) is 2.94. The fourth-order valence-corrected chi connectivity index (χ4v) is 4.38. The maximum Gasteiger partial charge on any atom is 0.345 e. The summed E-state index contributed by atoms with van der Waals surface area (Å²) in [5.74, 6) is 0.290. The lowest BCUT2D eigenvalue weighted by molar-refractivity contribution is 0.0728. The SMILES string of the molecule is CCOc1cc(C=Nn2c(-c3ccccc3)nc3ccccc3c2=O)ccc1OC(=O)c1ccc(Cl)cc1Cl. The molecule has 0 aliphatic heterocycles. The normalized spacial score (nSPS) is 11.2. The summed E-state index contributed by atoms with van der Waals surface area (Å²) in [4.78, 5) is 30.8. The first-order valence-corrected chi connectivity index (χ1v) is 12.8. The Morgan fingerprint density at radius 3 is 2.49 bits per heavy atom. The second-order valence-electron chi connectivity index (χ2n) is 8.33. The van der Waals surface area contributed by atoms with E-state index in [1.165, 1.54) is 23.0 Å². The van der Waals surface area contributed by atoms with Crippen molar-refractivity contribution < 1.29 is 14.3 Å². The molecule has 7 nitrogen and oxygen atoms in total. The van der Waals surface area contributed by atoms with Crippen LogP contribution in [0.4, 0.5) is 0 Å². The molecule has 0 aliphatic rings. The maximum atomic E-state index is 13.4. The third-order valence-corrected chi connectivity index (χ3v) is 6.28. The number of esters is 1. The number of benzene rings is 4. The van der Waals surface area contributed by atoms with E-state index in [1.807, 2.05) is 43.3 Å². The van der Waals surface area contributed by atoms with Crippen LogP contribution in [0.15, 0.2) is 101 Å². The number of nitrogens with zero attached hydrogens (tertiary/aromatic N) is 3. The molecule has 0 saturated heterocycles. The summed E-state index contributed by atoms with van der Waals surface area (Å²) in [7, 11) is 0. The van der Waals surface area contributed by atoms with Gasteiger partial charge in [0.25, 0.3) is 5.56 Å². The number of para-hydroxylation sites is 1. The van der Waals surface area contributed by atoms with Crippen LogP contribution in [0.25, 0.3) is 22.3 Å². The third-order valence-electron chi connectivity index (χ3n) is 5.73. The van der Waals surface area contributed by atoms with E-state index in [4.69, 9.17) is 37.7 Å². The second-order valence-corrected chi connectivity index (χ2v) is 9.18. The molecule has 0 spiro atoms. The van der Waals surface area contributed by atoms with Crippen LogP contribution in [-0.4, -0.2) is 28.5 Å². The molecule has 5 aromatic rings. The molecule has 0 fully saturated rings. The predicted molar refractivity (Wildman–Crippen MR) is 153 cm³/mol. The number of rotatable bonds is 7. The number of aromatic nitrogens is 2. The number of hydrogen-bond acceptors (Lipinski definition) is 6. The Hall–Kier alpha value is -4.46. The molecule has 194 valence electrons. The Bertz CT molecular complexity index is 1770. The van der Waals surface area contributed by atoms with Crippen LogP contribution in [0.2, 0.25) is 10.0 Å². The van der Waals surface area contributed by atoms with E-state index < -0.39 is 5.97 Å². The van der Waals surface area contributed by atoms with Gasteiger partial charge in [-0.1, -0.05) is 65.7 Å². The lowest BCUT2D eigenvalue weighted by atomic mass is 10.2. The van der Waals surface area contributed by atoms with Crippen molar-refractivity contribution in [2.75, 3.05) is 6.61 Å². The monoisotopic (exact) mass is 557 g/mol. The zero-order valence-corrected chi connectivity index (χ0v) is 22.2. The van der Waals surface area contributed by atoms with E-state index in [2.05, 4.69) is 5.10 Å². The summed E-state index contributed by atoms with van der Waals surface area (Å²) in [6.45, 7) is 2.15. The smallest absolute Gasteiger partial charge is 0.345 e. The molecule has 1 aromatic heterocycles. The first-order valence-electron chi connectivity index (χ1n) is 12.0. The molecule has 0 saturated carbocycles. The molecule has 0 bridgehead atoms. The van der Waals surface area contributed by atoms with Crippen molar-refractivity contribution in [1.82, 2.24) is 9.66 Å². The first kappa shape index (κ1) is 26.2. The van der Waals surface area contributed by atoms with Crippen LogP contribution in [-0.2, 0) is 0 Å². The minimum absolute atomic E-state index is 0.172. The van der Waals surface area contributed by atoms with Crippen LogP contribution in [0, 0.1) is 0 Å². The van der Waals surface area contributed by atoms with Crippen LogP contribution in [0.5, 0.6) is 11.5 Å². The van der Waals surface area contributed by atoms with Crippen molar-refractivity contribution in [3.63, 3.8) is 0 Å². The summed E-state index contributed by atoms with van der Waals surface area (Å²) in [5, 5.41) is 5.52. The zero-order valence-electron chi connectivity index (χ0n) is 20.7. The standard InChI is InChI=1S/C30H21Cl2N3O4/c1-2-38-27-16-19(12-15-26(27)39-30(37)22-14-13-21(31)17-24(22)32)18-33-35-28(20-8-4-3-5-9-20)34-25-11-7-6-10-23(25)29(35)36/h3-18H,2H2,1H3. The van der Waals surface area contributed by atoms with Gasteiger partial charge in [0.1, 0.15) is 0 Å². The number of carbonyl (C=O) groups excluding carboxylic acids is 1. The van der Waals surface area contributed by atoms with Crippen LogP contribution >= 0.6 is 23.2 Å². The average molecular weight is 558 g/mol. The van der Waals surface area contributed by atoms with Crippen molar-refractivity contribution in [3.8, 4) is 22.9 Å². The van der Waals surface area contributed by atoms with Crippen LogP contribution < -0.4 is 15.0 Å². The molecular weight excluding hydrogens is 537 g/mol. The highest BCUT2D eigenvalue weighted by atomic mass is 35.5. The summed E-state index contributed by atoms with van der Waals surface area (Å²) in [6.07, 6.45) is 1.52. The van der Waals surface area contributed by atoms with Crippen molar-refractivity contribution in [2.24, 2.45) is 5.10 Å². The molecule has 4 aromatic carbocycles. The summed E-state index contributed by atoms with van der Waals surface area (Å²) >= 11 is 12.1. The highest BCUT2D eigenvalue weighted by molar-refractivity contribution is 6.36. The number of hydrogen-bond donors (Lipinski definition) is 0. The molecule has 39 heavy (non-hydrogen) atoms. The Morgan fingerprint density at radius 2 is 1.72 bits per heavy atom. The Morgan fingerprint density at radius 1 is 0.949 bits per heavy atom. The summed E-state index contributed by atoms with van der Waals surface area (Å²) < 4.78 is 12.6. The van der Waals surface area contributed by atoms with Gasteiger partial charge in [-0.2, -0.15) is 9.78 Å². The first-order chi connectivity index (χ1) is 18.9. The lowest BCUT2D eigenvalue weighted by Crippen LogP contribution is -2.20. The Labute approximate surface area is 233 Å². The van der Waals surface area contributed by atoms with Gasteiger partial charge >= 0.3 is 5.97 Å². The van der Waals surface area contributed by atoms with E-state index in [0.29, 0.717) is 39.7 Å². The summed E-state index contributed by atoms with van der Waals surface area (Å²) in [5.41, 5.74) is 1.81. The minimum Gasteiger partial charge on any atom is -0.490 e. The van der Waals surface area contributed by atoms with Gasteiger partial charge in [-0.25, -0.2) is 9.78 Å². The van der Waals surface area contributed by atoms with Gasteiger partial charge < -0.3 is 9.47 Å². The topological polar surface area (TPSA) is 82.8 Å². The molecule has 0 radical (unpaired) electrons. The molecule has 9 heteroatoms. The van der Waals surface area contributed by atoms with Crippen molar-refractivity contribution >= 4 is 46.3 Å². The van der Waals surface area contributed by atoms with Gasteiger partial charge in [0.15, 0.2) is 17.3 Å². The molecular formula is C30H21Cl2N3O4. The molecule has 0 atom stereocenters. The van der Waals surface area contributed by atoms with E-state index in [0.717, 1.165) is 5.56 Å². The second kappa shape index (κ2) is 11.5. The highest BCUT2D eigenvalue weighted by Crippen LogP contribution is 2.30. The zero-order chi connectivity index (χ0) is 27.4. The fourth-order valence-electron chi connectivity index (χ4n) is 3.90. The minimum atomic E-state index is -0.652. The van der Waals surface area contributed by atoms with Gasteiger partial charge in [0, 0.05) is 10.6 Å². The summed E-state index contributed by atoms with van der Waals surface area (Å²) in [6, 6.07) is 26.0. The van der Waals surface area contributed by atoms with E-state index >= 15 is 0 Å². The van der Waals surface area contributed by atoms with Gasteiger partial charge in [0.2, 0.25) is 0 Å². The number of halogens is 2. The third kappa shape index (κ3) is 5.70. The predicted octanol–water partition coefficient (Wildman–Crippen LogP) is 6.87. The van der Waals surface area contributed by atoms with Crippen molar-refractivity contribution in [3.05, 3.63) is 123 Å². The number of ether oxygens (including phenoxy) is 2. The molecule has 0 amide bonds. The molecule has 0 N–H and O–H groups in total. The van der Waals surface area contributed by atoms with E-state index in [-0.39, 0.29) is 21.9 Å². The highest BCUT2D eigenvalue weighted by Gasteiger charge is 2.17. The van der Waals surface area contributed by atoms with Gasteiger partial charge in [0.05, 0.1) is 34.3 Å². The van der Waals surface area contributed by atoms with Crippen LogP contribution in [0.1, 0.15) is 22.8 Å². The van der Waals surface area contributed by atoms with Crippen molar-refractivity contribution in [1.29, 1.82) is 0 Å².